The maximum Gasteiger partial charge on any atom is 0.251 e. The second-order valence-electron chi connectivity index (χ2n) is 6.83. The molecule has 2 aliphatic rings. The summed E-state index contributed by atoms with van der Waals surface area (Å²) in [5, 5.41) is 3.20. The topological polar surface area (TPSA) is 58.4 Å². The first kappa shape index (κ1) is 15.5. The quantitative estimate of drug-likeness (QED) is 0.877. The average Bonchev–Trinajstić information content (AvgIpc) is 3.20. The molecule has 1 aliphatic heterocycles. The molecule has 1 saturated carbocycles. The first-order chi connectivity index (χ1) is 10.7. The molecule has 0 atom stereocenters. The Hall–Kier alpha value is -1.39. The number of hydrogen-bond donors (Lipinski definition) is 2. The fraction of sp³-hybridized carbons (Fsp3) is 0.611. The molecule has 1 saturated heterocycles. The van der Waals surface area contributed by atoms with E-state index in [1.165, 1.54) is 31.5 Å². The number of hydrogen-bond acceptors (Lipinski definition) is 3. The number of carbonyl (C=O) groups excluding carboxylic acids is 1. The van der Waals surface area contributed by atoms with Crippen molar-refractivity contribution < 1.29 is 4.79 Å². The summed E-state index contributed by atoms with van der Waals surface area (Å²) in [6.45, 7) is 3.83. The molecule has 2 fully saturated rings. The lowest BCUT2D eigenvalue weighted by atomic mass is 9.97. The van der Waals surface area contributed by atoms with Crippen molar-refractivity contribution in [2.75, 3.05) is 19.6 Å². The summed E-state index contributed by atoms with van der Waals surface area (Å²) < 4.78 is 0. The molecule has 1 aliphatic carbocycles. The summed E-state index contributed by atoms with van der Waals surface area (Å²) in [6.07, 6.45) is 6.91. The van der Waals surface area contributed by atoms with Crippen LogP contribution in [0.4, 0.5) is 0 Å². The van der Waals surface area contributed by atoms with E-state index in [4.69, 9.17) is 5.73 Å². The van der Waals surface area contributed by atoms with E-state index >= 15 is 0 Å². The summed E-state index contributed by atoms with van der Waals surface area (Å²) >= 11 is 0. The molecular weight excluding hydrogens is 274 g/mol. The number of likely N-dealkylation sites (tertiary alicyclic amines) is 1. The van der Waals surface area contributed by atoms with Crippen molar-refractivity contribution in [3.63, 3.8) is 0 Å². The van der Waals surface area contributed by atoms with Crippen LogP contribution in [0.5, 0.6) is 0 Å². The van der Waals surface area contributed by atoms with Gasteiger partial charge in [-0.25, -0.2) is 0 Å². The van der Waals surface area contributed by atoms with Crippen LogP contribution in [-0.4, -0.2) is 36.0 Å². The Labute approximate surface area is 133 Å². The zero-order valence-corrected chi connectivity index (χ0v) is 13.3. The predicted molar refractivity (Wildman–Crippen MR) is 88.7 cm³/mol. The molecule has 1 heterocycles. The minimum absolute atomic E-state index is 0.0237. The van der Waals surface area contributed by atoms with Crippen LogP contribution >= 0.6 is 0 Å². The highest BCUT2D eigenvalue weighted by Crippen LogP contribution is 2.29. The molecule has 3 N–H and O–H groups in total. The minimum Gasteiger partial charge on any atom is -0.345 e. The fourth-order valence-corrected chi connectivity index (χ4v) is 3.75. The number of nitrogens with two attached hydrogens (primary N) is 1. The van der Waals surface area contributed by atoms with Gasteiger partial charge in [-0.05, 0) is 56.5 Å². The summed E-state index contributed by atoms with van der Waals surface area (Å²) in [7, 11) is 0. The normalized spacial score (nSPS) is 21.1. The van der Waals surface area contributed by atoms with Crippen molar-refractivity contribution in [2.45, 2.75) is 50.6 Å². The SMILES string of the molecule is NCC1(NC(=O)c2cccc(CN3CCCC3)c2)CCCC1. The smallest absolute Gasteiger partial charge is 0.251 e. The third-order valence-corrected chi connectivity index (χ3v) is 5.12. The molecule has 1 aromatic rings. The minimum atomic E-state index is -0.179. The number of nitrogens with one attached hydrogen (secondary N) is 1. The molecule has 3 rings (SSSR count). The number of nitrogens with zero attached hydrogens (tertiary/aromatic N) is 1. The van der Waals surface area contributed by atoms with Crippen LogP contribution in [0.3, 0.4) is 0 Å². The van der Waals surface area contributed by atoms with Crippen LogP contribution in [0, 0.1) is 0 Å². The maximum atomic E-state index is 12.6. The van der Waals surface area contributed by atoms with Gasteiger partial charge in [0.1, 0.15) is 0 Å². The molecule has 0 radical (unpaired) electrons. The zero-order chi connectivity index (χ0) is 15.4. The summed E-state index contributed by atoms with van der Waals surface area (Å²) in [5.41, 5.74) is 7.72. The van der Waals surface area contributed by atoms with Gasteiger partial charge in [0.05, 0.1) is 5.54 Å². The van der Waals surface area contributed by atoms with Gasteiger partial charge in [0.2, 0.25) is 0 Å². The van der Waals surface area contributed by atoms with E-state index in [1.807, 2.05) is 18.2 Å². The van der Waals surface area contributed by atoms with E-state index in [0.29, 0.717) is 6.54 Å². The van der Waals surface area contributed by atoms with Crippen molar-refractivity contribution in [3.8, 4) is 0 Å². The van der Waals surface area contributed by atoms with Gasteiger partial charge in [-0.1, -0.05) is 25.0 Å². The van der Waals surface area contributed by atoms with Crippen molar-refractivity contribution in [3.05, 3.63) is 35.4 Å². The van der Waals surface area contributed by atoms with Crippen LogP contribution in [0.15, 0.2) is 24.3 Å². The molecule has 1 amide bonds. The lowest BCUT2D eigenvalue weighted by Gasteiger charge is -2.28. The highest BCUT2D eigenvalue weighted by atomic mass is 16.1. The first-order valence-corrected chi connectivity index (χ1v) is 8.55. The Balaban J connectivity index is 1.66. The summed E-state index contributed by atoms with van der Waals surface area (Å²) in [4.78, 5) is 15.0. The van der Waals surface area contributed by atoms with Gasteiger partial charge >= 0.3 is 0 Å². The highest BCUT2D eigenvalue weighted by Gasteiger charge is 2.34. The van der Waals surface area contributed by atoms with Gasteiger partial charge in [0.25, 0.3) is 5.91 Å². The largest absolute Gasteiger partial charge is 0.345 e. The van der Waals surface area contributed by atoms with Crippen molar-refractivity contribution in [2.24, 2.45) is 5.73 Å². The van der Waals surface area contributed by atoms with Crippen molar-refractivity contribution in [1.29, 1.82) is 0 Å². The average molecular weight is 301 g/mol. The van der Waals surface area contributed by atoms with Gasteiger partial charge in [-0.15, -0.1) is 0 Å². The second-order valence-corrected chi connectivity index (χ2v) is 6.83. The van der Waals surface area contributed by atoms with Crippen LogP contribution in [0.1, 0.15) is 54.4 Å². The van der Waals surface area contributed by atoms with E-state index in [0.717, 1.165) is 37.8 Å². The Morgan fingerprint density at radius 1 is 1.18 bits per heavy atom. The molecule has 22 heavy (non-hydrogen) atoms. The first-order valence-electron chi connectivity index (χ1n) is 8.55. The lowest BCUT2D eigenvalue weighted by molar-refractivity contribution is 0.0903. The lowest BCUT2D eigenvalue weighted by Crippen LogP contribution is -2.51. The van der Waals surface area contributed by atoms with E-state index in [-0.39, 0.29) is 11.4 Å². The van der Waals surface area contributed by atoms with Crippen LogP contribution in [0.2, 0.25) is 0 Å². The van der Waals surface area contributed by atoms with Gasteiger partial charge in [-0.3, -0.25) is 9.69 Å². The monoisotopic (exact) mass is 301 g/mol. The van der Waals surface area contributed by atoms with E-state index in [1.54, 1.807) is 0 Å². The number of rotatable bonds is 5. The number of benzene rings is 1. The maximum absolute atomic E-state index is 12.6. The van der Waals surface area contributed by atoms with E-state index < -0.39 is 0 Å². The highest BCUT2D eigenvalue weighted by molar-refractivity contribution is 5.94. The van der Waals surface area contributed by atoms with Crippen LogP contribution < -0.4 is 11.1 Å². The molecule has 4 nitrogen and oxygen atoms in total. The van der Waals surface area contributed by atoms with E-state index in [2.05, 4.69) is 16.3 Å². The molecular formula is C18H27N3O. The standard InChI is InChI=1S/C18H27N3O/c19-14-18(8-1-2-9-18)20-17(22)16-7-5-6-15(12-16)13-21-10-3-4-11-21/h5-7,12H,1-4,8-11,13-14,19H2,(H,20,22). The zero-order valence-electron chi connectivity index (χ0n) is 13.3. The summed E-state index contributed by atoms with van der Waals surface area (Å²) in [5.74, 6) is 0.0237. The van der Waals surface area contributed by atoms with Crippen LogP contribution in [0.25, 0.3) is 0 Å². The number of carbonyl (C=O) groups is 1. The third-order valence-electron chi connectivity index (χ3n) is 5.12. The second kappa shape index (κ2) is 6.80. The molecule has 0 bridgehead atoms. The van der Waals surface area contributed by atoms with Crippen molar-refractivity contribution in [1.82, 2.24) is 10.2 Å². The fourth-order valence-electron chi connectivity index (χ4n) is 3.75. The molecule has 0 aromatic heterocycles. The Kier molecular flexibility index (Phi) is 4.79. The Morgan fingerprint density at radius 3 is 2.59 bits per heavy atom. The van der Waals surface area contributed by atoms with Crippen molar-refractivity contribution >= 4 is 5.91 Å². The molecule has 0 spiro atoms. The van der Waals surface area contributed by atoms with Gasteiger partial charge in [0.15, 0.2) is 0 Å². The molecule has 0 unspecified atom stereocenters. The predicted octanol–water partition coefficient (Wildman–Crippen LogP) is 2.28. The Morgan fingerprint density at radius 2 is 1.91 bits per heavy atom. The Bertz CT molecular complexity index is 517. The van der Waals surface area contributed by atoms with Gasteiger partial charge in [-0.2, -0.15) is 0 Å². The van der Waals surface area contributed by atoms with Gasteiger partial charge in [0, 0.05) is 18.7 Å². The van der Waals surface area contributed by atoms with E-state index in [9.17, 15) is 4.79 Å². The molecule has 1 aromatic carbocycles. The third kappa shape index (κ3) is 3.50. The number of amides is 1. The molecule has 120 valence electrons. The van der Waals surface area contributed by atoms with Crippen LogP contribution in [-0.2, 0) is 6.54 Å². The summed E-state index contributed by atoms with van der Waals surface area (Å²) in [6, 6.07) is 8.04. The van der Waals surface area contributed by atoms with Gasteiger partial charge < -0.3 is 11.1 Å². The molecule has 4 heteroatoms.